The Morgan fingerprint density at radius 3 is 2.33 bits per heavy atom. The van der Waals surface area contributed by atoms with Crippen molar-refractivity contribution < 1.29 is 13.9 Å². The van der Waals surface area contributed by atoms with E-state index in [0.29, 0.717) is 11.1 Å². The highest BCUT2D eigenvalue weighted by molar-refractivity contribution is 5.78. The standard InChI is InChI=1S/C18H17FO2/c1-10-7-11(2)16(12(3)8-10)17(20)15-9-13-5-4-6-14(19)18(13)21-15/h4-9,17,20H,1-3H3. The average molecular weight is 284 g/mol. The SMILES string of the molecule is Cc1cc(C)c(C(O)c2cc3cccc(F)c3o2)c(C)c1. The van der Waals surface area contributed by atoms with Crippen LogP contribution in [0.1, 0.15) is 34.1 Å². The summed E-state index contributed by atoms with van der Waals surface area (Å²) in [6.45, 7) is 5.94. The predicted molar refractivity (Wildman–Crippen MR) is 80.9 cm³/mol. The lowest BCUT2D eigenvalue weighted by molar-refractivity contribution is 0.190. The van der Waals surface area contributed by atoms with Gasteiger partial charge in [0, 0.05) is 5.39 Å². The highest BCUT2D eigenvalue weighted by atomic mass is 19.1. The molecule has 0 radical (unpaired) electrons. The first-order valence-electron chi connectivity index (χ1n) is 6.91. The van der Waals surface area contributed by atoms with Gasteiger partial charge in [-0.05, 0) is 49.6 Å². The number of fused-ring (bicyclic) bond motifs is 1. The fourth-order valence-corrected chi connectivity index (χ4v) is 2.95. The summed E-state index contributed by atoms with van der Waals surface area (Å²) in [4.78, 5) is 0. The first-order chi connectivity index (χ1) is 9.97. The van der Waals surface area contributed by atoms with Crippen molar-refractivity contribution in [2.75, 3.05) is 0 Å². The number of aliphatic hydroxyl groups excluding tert-OH is 1. The van der Waals surface area contributed by atoms with Crippen molar-refractivity contribution in [3.05, 3.63) is 70.2 Å². The predicted octanol–water partition coefficient (Wildman–Crippen LogP) is 4.58. The summed E-state index contributed by atoms with van der Waals surface area (Å²) in [5, 5.41) is 11.3. The Morgan fingerprint density at radius 2 is 1.71 bits per heavy atom. The highest BCUT2D eigenvalue weighted by Crippen LogP contribution is 2.32. The van der Waals surface area contributed by atoms with Crippen LogP contribution in [0.25, 0.3) is 11.0 Å². The van der Waals surface area contributed by atoms with Gasteiger partial charge in [-0.15, -0.1) is 0 Å². The minimum Gasteiger partial charge on any atom is -0.455 e. The van der Waals surface area contributed by atoms with Gasteiger partial charge in [-0.25, -0.2) is 4.39 Å². The Morgan fingerprint density at radius 1 is 1.05 bits per heavy atom. The molecule has 0 aliphatic rings. The van der Waals surface area contributed by atoms with Crippen molar-refractivity contribution in [1.82, 2.24) is 0 Å². The van der Waals surface area contributed by atoms with Gasteiger partial charge in [-0.1, -0.05) is 29.8 Å². The maximum absolute atomic E-state index is 13.7. The smallest absolute Gasteiger partial charge is 0.170 e. The first-order valence-corrected chi connectivity index (χ1v) is 6.91. The minimum atomic E-state index is -0.891. The van der Waals surface area contributed by atoms with Crippen LogP contribution in [0.4, 0.5) is 4.39 Å². The third kappa shape index (κ3) is 2.34. The van der Waals surface area contributed by atoms with E-state index in [2.05, 4.69) is 0 Å². The number of aliphatic hydroxyl groups is 1. The average Bonchev–Trinajstić information content (AvgIpc) is 2.82. The van der Waals surface area contributed by atoms with E-state index in [1.807, 2.05) is 32.9 Å². The molecule has 0 bridgehead atoms. The molecule has 0 saturated heterocycles. The van der Waals surface area contributed by atoms with Gasteiger partial charge in [-0.3, -0.25) is 0 Å². The summed E-state index contributed by atoms with van der Waals surface area (Å²) in [7, 11) is 0. The fourth-order valence-electron chi connectivity index (χ4n) is 2.95. The van der Waals surface area contributed by atoms with Crippen LogP contribution in [0.15, 0.2) is 40.8 Å². The van der Waals surface area contributed by atoms with Gasteiger partial charge in [-0.2, -0.15) is 0 Å². The normalized spacial score (nSPS) is 12.8. The monoisotopic (exact) mass is 284 g/mol. The summed E-state index contributed by atoms with van der Waals surface area (Å²) in [6.07, 6.45) is -0.891. The maximum atomic E-state index is 13.7. The number of hydrogen-bond donors (Lipinski definition) is 1. The summed E-state index contributed by atoms with van der Waals surface area (Å²) in [6, 6.07) is 10.5. The molecule has 1 N–H and O–H groups in total. The number of rotatable bonds is 2. The van der Waals surface area contributed by atoms with Gasteiger partial charge in [0.1, 0.15) is 11.9 Å². The van der Waals surface area contributed by atoms with E-state index in [4.69, 9.17) is 4.42 Å². The van der Waals surface area contributed by atoms with Gasteiger partial charge in [0.2, 0.25) is 0 Å². The summed E-state index contributed by atoms with van der Waals surface area (Å²) < 4.78 is 19.2. The van der Waals surface area contributed by atoms with Crippen LogP contribution in [0.5, 0.6) is 0 Å². The Hall–Kier alpha value is -2.13. The third-order valence-electron chi connectivity index (χ3n) is 3.80. The molecular weight excluding hydrogens is 267 g/mol. The van der Waals surface area contributed by atoms with Crippen LogP contribution in [0.3, 0.4) is 0 Å². The largest absolute Gasteiger partial charge is 0.455 e. The Labute approximate surface area is 122 Å². The lowest BCUT2D eigenvalue weighted by Gasteiger charge is -2.15. The molecule has 1 unspecified atom stereocenters. The van der Waals surface area contributed by atoms with Crippen LogP contribution in [-0.2, 0) is 0 Å². The molecule has 1 heterocycles. The molecule has 0 amide bonds. The van der Waals surface area contributed by atoms with E-state index < -0.39 is 11.9 Å². The minimum absolute atomic E-state index is 0.189. The lowest BCUT2D eigenvalue weighted by atomic mass is 9.94. The fraction of sp³-hybridized carbons (Fsp3) is 0.222. The number of para-hydroxylation sites is 1. The van der Waals surface area contributed by atoms with Crippen molar-refractivity contribution in [1.29, 1.82) is 0 Å². The Bertz CT molecular complexity index is 794. The van der Waals surface area contributed by atoms with E-state index in [1.165, 1.54) is 6.07 Å². The Balaban J connectivity index is 2.12. The van der Waals surface area contributed by atoms with Crippen molar-refractivity contribution >= 4 is 11.0 Å². The lowest BCUT2D eigenvalue weighted by Crippen LogP contribution is -2.04. The zero-order valence-electron chi connectivity index (χ0n) is 12.3. The second kappa shape index (κ2) is 5.01. The van der Waals surface area contributed by atoms with Crippen molar-refractivity contribution in [3.8, 4) is 0 Å². The second-order valence-corrected chi connectivity index (χ2v) is 5.52. The zero-order valence-corrected chi connectivity index (χ0v) is 12.3. The molecule has 0 aliphatic heterocycles. The van der Waals surface area contributed by atoms with E-state index in [1.54, 1.807) is 18.2 Å². The molecule has 1 aromatic heterocycles. The number of halogens is 1. The number of benzene rings is 2. The first kappa shape index (κ1) is 13.8. The number of aryl methyl sites for hydroxylation is 3. The van der Waals surface area contributed by atoms with Gasteiger partial charge in [0.25, 0.3) is 0 Å². The molecule has 0 spiro atoms. The molecule has 0 fully saturated rings. The van der Waals surface area contributed by atoms with Crippen LogP contribution in [0, 0.1) is 26.6 Å². The number of furan rings is 1. The van der Waals surface area contributed by atoms with E-state index >= 15 is 0 Å². The summed E-state index contributed by atoms with van der Waals surface area (Å²) >= 11 is 0. The molecule has 3 heteroatoms. The molecule has 2 nitrogen and oxygen atoms in total. The topological polar surface area (TPSA) is 33.4 Å². The van der Waals surface area contributed by atoms with E-state index in [0.717, 1.165) is 22.3 Å². The van der Waals surface area contributed by atoms with E-state index in [-0.39, 0.29) is 5.58 Å². The van der Waals surface area contributed by atoms with E-state index in [9.17, 15) is 9.50 Å². The maximum Gasteiger partial charge on any atom is 0.170 e. The van der Waals surface area contributed by atoms with Crippen LogP contribution in [0.2, 0.25) is 0 Å². The van der Waals surface area contributed by atoms with Gasteiger partial charge < -0.3 is 9.52 Å². The second-order valence-electron chi connectivity index (χ2n) is 5.52. The molecule has 21 heavy (non-hydrogen) atoms. The molecule has 3 rings (SSSR count). The van der Waals surface area contributed by atoms with Crippen LogP contribution < -0.4 is 0 Å². The van der Waals surface area contributed by atoms with Crippen LogP contribution >= 0.6 is 0 Å². The van der Waals surface area contributed by atoms with Gasteiger partial charge in [0.15, 0.2) is 11.4 Å². The van der Waals surface area contributed by atoms with Crippen molar-refractivity contribution in [3.63, 3.8) is 0 Å². The summed E-state index contributed by atoms with van der Waals surface area (Å²) in [5.74, 6) is -0.0477. The van der Waals surface area contributed by atoms with Gasteiger partial charge >= 0.3 is 0 Å². The van der Waals surface area contributed by atoms with Crippen molar-refractivity contribution in [2.24, 2.45) is 0 Å². The molecule has 0 saturated carbocycles. The third-order valence-corrected chi connectivity index (χ3v) is 3.80. The van der Waals surface area contributed by atoms with Crippen LogP contribution in [-0.4, -0.2) is 5.11 Å². The zero-order chi connectivity index (χ0) is 15.1. The molecule has 0 aliphatic carbocycles. The summed E-state index contributed by atoms with van der Waals surface area (Å²) in [5.41, 5.74) is 4.16. The Kier molecular flexibility index (Phi) is 3.30. The molecule has 3 aromatic rings. The number of hydrogen-bond acceptors (Lipinski definition) is 2. The molecule has 2 aromatic carbocycles. The quantitative estimate of drug-likeness (QED) is 0.747. The van der Waals surface area contributed by atoms with Gasteiger partial charge in [0.05, 0.1) is 0 Å². The molecule has 1 atom stereocenters. The molecule has 108 valence electrons. The highest BCUT2D eigenvalue weighted by Gasteiger charge is 2.20. The molecular formula is C18H17FO2. The van der Waals surface area contributed by atoms with Crippen molar-refractivity contribution in [2.45, 2.75) is 26.9 Å².